The lowest BCUT2D eigenvalue weighted by molar-refractivity contribution is 0.00988. The van der Waals surface area contributed by atoms with Gasteiger partial charge in [-0.05, 0) is 17.7 Å². The molecule has 0 unspecified atom stereocenters. The van der Waals surface area contributed by atoms with Gasteiger partial charge in [-0.3, -0.25) is 0 Å². The zero-order chi connectivity index (χ0) is 12.5. The number of alkyl halides is 2. The molecule has 1 rings (SSSR count). The summed E-state index contributed by atoms with van der Waals surface area (Å²) in [6.45, 7) is -0.371. The lowest BCUT2D eigenvalue weighted by Gasteiger charge is -2.03. The van der Waals surface area contributed by atoms with Crippen LogP contribution < -0.4 is 0 Å². The largest absolute Gasteiger partial charge is 0.395 e. The van der Waals surface area contributed by atoms with Crippen molar-refractivity contribution in [2.45, 2.75) is 19.5 Å². The van der Waals surface area contributed by atoms with Gasteiger partial charge in [0.25, 0.3) is 6.43 Å². The number of ether oxygens (including phenoxy) is 1. The highest BCUT2D eigenvalue weighted by molar-refractivity contribution is 5.36. The third-order valence-electron chi connectivity index (χ3n) is 1.91. The number of aliphatic hydroxyl groups excluding tert-OH is 1. The maximum Gasteiger partial charge on any atom is 0.261 e. The maximum absolute atomic E-state index is 11.9. The summed E-state index contributed by atoms with van der Waals surface area (Å²) in [7, 11) is 0. The monoisotopic (exact) mass is 240 g/mol. The van der Waals surface area contributed by atoms with Gasteiger partial charge >= 0.3 is 0 Å². The van der Waals surface area contributed by atoms with Crippen molar-refractivity contribution in [3.63, 3.8) is 0 Å². The molecule has 0 atom stereocenters. The van der Waals surface area contributed by atoms with Crippen LogP contribution in [0.2, 0.25) is 0 Å². The van der Waals surface area contributed by atoms with Crippen LogP contribution in [0, 0.1) is 11.8 Å². The SMILES string of the molecule is OCCC#Cc1cccc(COCC(F)F)c1. The van der Waals surface area contributed by atoms with Crippen LogP contribution in [-0.4, -0.2) is 24.7 Å². The van der Waals surface area contributed by atoms with Gasteiger partial charge in [-0.1, -0.05) is 24.0 Å². The average molecular weight is 240 g/mol. The van der Waals surface area contributed by atoms with E-state index in [4.69, 9.17) is 9.84 Å². The molecule has 0 radical (unpaired) electrons. The van der Waals surface area contributed by atoms with Crippen LogP contribution in [0.5, 0.6) is 0 Å². The first-order valence-electron chi connectivity index (χ1n) is 5.27. The molecule has 17 heavy (non-hydrogen) atoms. The van der Waals surface area contributed by atoms with Gasteiger partial charge in [0, 0.05) is 12.0 Å². The highest BCUT2D eigenvalue weighted by Gasteiger charge is 2.02. The Bertz CT molecular complexity index is 394. The molecule has 0 saturated heterocycles. The van der Waals surface area contributed by atoms with Crippen molar-refractivity contribution in [3.8, 4) is 11.8 Å². The summed E-state index contributed by atoms with van der Waals surface area (Å²) < 4.78 is 28.5. The van der Waals surface area contributed by atoms with Gasteiger partial charge in [0.1, 0.15) is 6.61 Å². The van der Waals surface area contributed by atoms with Crippen molar-refractivity contribution in [2.75, 3.05) is 13.2 Å². The van der Waals surface area contributed by atoms with Crippen LogP contribution in [0.1, 0.15) is 17.5 Å². The molecular formula is C13H14F2O2. The molecule has 1 N–H and O–H groups in total. The van der Waals surface area contributed by atoms with Crippen LogP contribution in [-0.2, 0) is 11.3 Å². The van der Waals surface area contributed by atoms with E-state index in [9.17, 15) is 8.78 Å². The second kappa shape index (κ2) is 7.77. The van der Waals surface area contributed by atoms with Crippen LogP contribution in [0.3, 0.4) is 0 Å². The van der Waals surface area contributed by atoms with Crippen LogP contribution in [0.15, 0.2) is 24.3 Å². The summed E-state index contributed by atoms with van der Waals surface area (Å²) in [6, 6.07) is 7.20. The minimum absolute atomic E-state index is 0.0319. The Labute approximate surface area is 99.2 Å². The van der Waals surface area contributed by atoms with Crippen LogP contribution >= 0.6 is 0 Å². The van der Waals surface area contributed by atoms with Crippen LogP contribution in [0.25, 0.3) is 0 Å². The Balaban J connectivity index is 2.51. The standard InChI is InChI=1S/C13H14F2O2/c14-13(15)10-17-9-12-6-3-5-11(8-12)4-1-2-7-16/h3,5-6,8,13,16H,2,7,9-10H2. The number of halogens is 2. The molecular weight excluding hydrogens is 226 g/mol. The summed E-state index contributed by atoms with van der Waals surface area (Å²) in [5.41, 5.74) is 1.60. The molecule has 0 aliphatic heterocycles. The molecule has 1 aromatic rings. The van der Waals surface area contributed by atoms with Gasteiger partial charge in [-0.15, -0.1) is 0 Å². The molecule has 0 fully saturated rings. The molecule has 4 heteroatoms. The third-order valence-corrected chi connectivity index (χ3v) is 1.91. The van der Waals surface area contributed by atoms with Crippen molar-refractivity contribution < 1.29 is 18.6 Å². The molecule has 0 spiro atoms. The summed E-state index contributed by atoms with van der Waals surface area (Å²) in [5.74, 6) is 5.66. The van der Waals surface area contributed by atoms with E-state index in [-0.39, 0.29) is 13.2 Å². The molecule has 0 bridgehead atoms. The van der Waals surface area contributed by atoms with E-state index in [0.29, 0.717) is 6.42 Å². The highest BCUT2D eigenvalue weighted by Crippen LogP contribution is 2.06. The van der Waals surface area contributed by atoms with Crippen molar-refractivity contribution in [1.82, 2.24) is 0 Å². The Morgan fingerprint density at radius 1 is 1.35 bits per heavy atom. The van der Waals surface area contributed by atoms with Gasteiger partial charge in [0.15, 0.2) is 0 Å². The van der Waals surface area contributed by atoms with Gasteiger partial charge in [0.2, 0.25) is 0 Å². The number of benzene rings is 1. The Kier molecular flexibility index (Phi) is 6.23. The topological polar surface area (TPSA) is 29.5 Å². The lowest BCUT2D eigenvalue weighted by atomic mass is 10.1. The highest BCUT2D eigenvalue weighted by atomic mass is 19.3. The second-order valence-electron chi connectivity index (χ2n) is 3.38. The molecule has 0 saturated carbocycles. The third kappa shape index (κ3) is 6.00. The normalized spacial score (nSPS) is 10.1. The molecule has 2 nitrogen and oxygen atoms in total. The molecule has 1 aromatic carbocycles. The zero-order valence-corrected chi connectivity index (χ0v) is 9.33. The van der Waals surface area contributed by atoms with E-state index in [1.807, 2.05) is 6.07 Å². The quantitative estimate of drug-likeness (QED) is 0.799. The van der Waals surface area contributed by atoms with Crippen molar-refractivity contribution in [1.29, 1.82) is 0 Å². The first-order chi connectivity index (χ1) is 8.22. The van der Waals surface area contributed by atoms with Gasteiger partial charge in [0.05, 0.1) is 13.2 Å². The molecule has 0 aliphatic rings. The predicted molar refractivity (Wildman–Crippen MR) is 60.7 cm³/mol. The van der Waals surface area contributed by atoms with Gasteiger partial charge in [-0.25, -0.2) is 8.78 Å². The van der Waals surface area contributed by atoms with Crippen molar-refractivity contribution in [3.05, 3.63) is 35.4 Å². The summed E-state index contributed by atoms with van der Waals surface area (Å²) >= 11 is 0. The lowest BCUT2D eigenvalue weighted by Crippen LogP contribution is -2.04. The van der Waals surface area contributed by atoms with E-state index < -0.39 is 13.0 Å². The van der Waals surface area contributed by atoms with E-state index in [1.54, 1.807) is 18.2 Å². The first-order valence-corrected chi connectivity index (χ1v) is 5.27. The minimum atomic E-state index is -2.44. The van der Waals surface area contributed by atoms with E-state index in [2.05, 4.69) is 11.8 Å². The summed E-state index contributed by atoms with van der Waals surface area (Å²) in [4.78, 5) is 0. The van der Waals surface area contributed by atoms with Crippen molar-refractivity contribution in [2.24, 2.45) is 0 Å². The number of aliphatic hydroxyl groups is 1. The van der Waals surface area contributed by atoms with E-state index >= 15 is 0 Å². The Morgan fingerprint density at radius 3 is 2.88 bits per heavy atom. The maximum atomic E-state index is 11.9. The Morgan fingerprint density at radius 2 is 2.18 bits per heavy atom. The molecule has 0 amide bonds. The summed E-state index contributed by atoms with van der Waals surface area (Å²) in [6.07, 6.45) is -2.02. The Hall–Kier alpha value is -1.44. The fraction of sp³-hybridized carbons (Fsp3) is 0.385. The first kappa shape index (κ1) is 13.6. The fourth-order valence-electron chi connectivity index (χ4n) is 1.23. The minimum Gasteiger partial charge on any atom is -0.395 e. The van der Waals surface area contributed by atoms with E-state index in [1.165, 1.54) is 0 Å². The molecule has 92 valence electrons. The number of rotatable bonds is 5. The van der Waals surface area contributed by atoms with E-state index in [0.717, 1.165) is 11.1 Å². The predicted octanol–water partition coefficient (Wildman–Crippen LogP) is 2.20. The number of hydrogen-bond donors (Lipinski definition) is 1. The number of hydrogen-bond acceptors (Lipinski definition) is 2. The zero-order valence-electron chi connectivity index (χ0n) is 9.33. The summed E-state index contributed by atoms with van der Waals surface area (Å²) in [5, 5.41) is 8.57. The van der Waals surface area contributed by atoms with Crippen molar-refractivity contribution >= 4 is 0 Å². The average Bonchev–Trinajstić information content (AvgIpc) is 2.29. The fourth-order valence-corrected chi connectivity index (χ4v) is 1.23. The van der Waals surface area contributed by atoms with Crippen LogP contribution in [0.4, 0.5) is 8.78 Å². The second-order valence-corrected chi connectivity index (χ2v) is 3.38. The smallest absolute Gasteiger partial charge is 0.261 e. The van der Waals surface area contributed by atoms with Gasteiger partial charge in [-0.2, -0.15) is 0 Å². The molecule has 0 aliphatic carbocycles. The van der Waals surface area contributed by atoms with Gasteiger partial charge < -0.3 is 9.84 Å². The molecule has 0 aromatic heterocycles. The molecule has 0 heterocycles.